The molecule has 4 rings (SSSR count). The van der Waals surface area contributed by atoms with Crippen LogP contribution in [0, 0.1) is 0 Å². The Morgan fingerprint density at radius 2 is 0.957 bits per heavy atom. The third-order valence-electron chi connectivity index (χ3n) is 5.65. The first-order chi connectivity index (χ1) is 21.8. The average Bonchev–Trinajstić information content (AvgIpc) is 2.99. The molecule has 46 heavy (non-hydrogen) atoms. The van der Waals surface area contributed by atoms with E-state index in [1.54, 1.807) is 45.0 Å². The Labute approximate surface area is 277 Å². The van der Waals surface area contributed by atoms with Crippen LogP contribution in [0.5, 0.6) is 5.75 Å². The maximum absolute atomic E-state index is 11.1. The lowest BCUT2D eigenvalue weighted by atomic mass is 10.1. The van der Waals surface area contributed by atoms with Crippen LogP contribution in [0.15, 0.2) is 91.0 Å². The summed E-state index contributed by atoms with van der Waals surface area (Å²) in [6.07, 6.45) is 4.80. The van der Waals surface area contributed by atoms with Crippen molar-refractivity contribution in [2.24, 2.45) is 0 Å². The number of piperidine rings is 1. The SMILES string of the molecule is CC(=O)CS(=O)Oc1ccccc1.CC(=O)Cc1ccccc1.CC(=O)Cc1ccccc1.CC(=O)N1CCCCC1.CC(C)=O. The van der Waals surface area contributed by atoms with E-state index in [4.69, 9.17) is 4.18 Å². The molecule has 1 aliphatic rings. The Balaban J connectivity index is 0.000000569. The predicted octanol–water partition coefficient (Wildman–Crippen LogP) is 6.57. The highest BCUT2D eigenvalue weighted by Crippen LogP contribution is 2.10. The zero-order valence-corrected chi connectivity index (χ0v) is 28.8. The van der Waals surface area contributed by atoms with Gasteiger partial charge in [-0.2, -0.15) is 0 Å². The van der Waals surface area contributed by atoms with Crippen molar-refractivity contribution in [2.45, 2.75) is 73.6 Å². The number of nitrogens with zero attached hydrogens (tertiary/aromatic N) is 1. The lowest BCUT2D eigenvalue weighted by Gasteiger charge is -2.24. The van der Waals surface area contributed by atoms with Crippen molar-refractivity contribution in [2.75, 3.05) is 18.8 Å². The number of para-hydroxylation sites is 1. The Morgan fingerprint density at radius 1 is 0.587 bits per heavy atom. The first-order valence-electron chi connectivity index (χ1n) is 15.2. The lowest BCUT2D eigenvalue weighted by Crippen LogP contribution is -2.33. The van der Waals surface area contributed by atoms with Gasteiger partial charge in [-0.1, -0.05) is 78.9 Å². The van der Waals surface area contributed by atoms with Crippen LogP contribution in [0.2, 0.25) is 0 Å². The number of rotatable bonds is 8. The quantitative estimate of drug-likeness (QED) is 0.271. The van der Waals surface area contributed by atoms with E-state index in [0.29, 0.717) is 18.6 Å². The van der Waals surface area contributed by atoms with E-state index >= 15 is 0 Å². The lowest BCUT2D eigenvalue weighted by molar-refractivity contribution is -0.129. The summed E-state index contributed by atoms with van der Waals surface area (Å²) >= 11 is -1.55. The molecule has 0 bridgehead atoms. The molecular weight excluding hydrogens is 602 g/mol. The standard InChI is InChI=1S/C9H10O3S.2C9H10O.C7H13NO.C3H6O/c1-8(10)7-13(11)12-9-5-3-2-4-6-9;2*1-8(10)7-9-5-3-2-4-6-9;1-7(9)8-5-3-2-4-6-8;1-3(2)4/h2-6H,7H2,1H3;2*2-6H,7H2,1H3;2-6H2,1H3;1-2H3. The summed E-state index contributed by atoms with van der Waals surface area (Å²) in [6.45, 7) is 11.3. The summed E-state index contributed by atoms with van der Waals surface area (Å²) in [7, 11) is 0. The predicted molar refractivity (Wildman–Crippen MR) is 185 cm³/mol. The summed E-state index contributed by atoms with van der Waals surface area (Å²) in [4.78, 5) is 53.9. The number of hydrogen-bond donors (Lipinski definition) is 0. The van der Waals surface area contributed by atoms with Gasteiger partial charge < -0.3 is 13.9 Å². The molecule has 1 saturated heterocycles. The van der Waals surface area contributed by atoms with Gasteiger partial charge in [0.1, 0.15) is 34.6 Å². The second-order valence-electron chi connectivity index (χ2n) is 10.8. The zero-order valence-electron chi connectivity index (χ0n) is 28.0. The van der Waals surface area contributed by atoms with Crippen LogP contribution in [0.25, 0.3) is 0 Å². The molecule has 9 heteroatoms. The van der Waals surface area contributed by atoms with E-state index in [1.807, 2.05) is 71.6 Å². The minimum atomic E-state index is -1.55. The van der Waals surface area contributed by atoms with Crippen LogP contribution in [0.1, 0.15) is 71.9 Å². The van der Waals surface area contributed by atoms with Gasteiger partial charge in [-0.3, -0.25) is 19.2 Å². The van der Waals surface area contributed by atoms with E-state index in [-0.39, 0.29) is 34.8 Å². The van der Waals surface area contributed by atoms with Crippen LogP contribution >= 0.6 is 0 Å². The Hall–Kier alpha value is -4.24. The van der Waals surface area contributed by atoms with Crippen molar-refractivity contribution < 1.29 is 32.4 Å². The topological polar surface area (TPSA) is 115 Å². The van der Waals surface area contributed by atoms with Crippen molar-refractivity contribution in [1.82, 2.24) is 4.90 Å². The molecule has 0 N–H and O–H groups in total. The molecule has 1 fully saturated rings. The smallest absolute Gasteiger partial charge is 0.219 e. The Kier molecular flexibility index (Phi) is 23.6. The maximum Gasteiger partial charge on any atom is 0.219 e. The highest BCUT2D eigenvalue weighted by molar-refractivity contribution is 7.81. The van der Waals surface area contributed by atoms with E-state index in [2.05, 4.69) is 0 Å². The van der Waals surface area contributed by atoms with Crippen molar-refractivity contribution in [1.29, 1.82) is 0 Å². The zero-order chi connectivity index (χ0) is 34.7. The van der Waals surface area contributed by atoms with Crippen LogP contribution in [-0.4, -0.2) is 57.0 Å². The maximum atomic E-state index is 11.1. The highest BCUT2D eigenvalue weighted by atomic mass is 32.2. The molecule has 0 saturated carbocycles. The van der Waals surface area contributed by atoms with Crippen LogP contribution in [-0.2, 0) is 47.9 Å². The summed E-state index contributed by atoms with van der Waals surface area (Å²) < 4.78 is 16.1. The number of amides is 1. The normalized spacial score (nSPS) is 11.9. The van der Waals surface area contributed by atoms with Crippen molar-refractivity contribution in [3.63, 3.8) is 0 Å². The molecule has 0 spiro atoms. The Bertz CT molecular complexity index is 1270. The van der Waals surface area contributed by atoms with Gasteiger partial charge >= 0.3 is 0 Å². The van der Waals surface area contributed by atoms with Gasteiger partial charge in [0.05, 0.1) is 0 Å². The number of carbonyl (C=O) groups excluding carboxylic acids is 5. The minimum absolute atomic E-state index is 0.0606. The number of Topliss-reactive ketones (excluding diaryl/α,β-unsaturated/α-hetero) is 4. The molecule has 8 nitrogen and oxygen atoms in total. The van der Waals surface area contributed by atoms with Gasteiger partial charge in [-0.25, -0.2) is 4.21 Å². The van der Waals surface area contributed by atoms with E-state index in [1.165, 1.54) is 40.0 Å². The fourth-order valence-corrected chi connectivity index (χ4v) is 4.47. The van der Waals surface area contributed by atoms with Gasteiger partial charge in [0.15, 0.2) is 0 Å². The van der Waals surface area contributed by atoms with Gasteiger partial charge in [-0.15, -0.1) is 0 Å². The Morgan fingerprint density at radius 3 is 1.26 bits per heavy atom. The van der Waals surface area contributed by atoms with Crippen LogP contribution < -0.4 is 4.18 Å². The second-order valence-corrected chi connectivity index (χ2v) is 11.8. The highest BCUT2D eigenvalue weighted by Gasteiger charge is 2.11. The second kappa shape index (κ2) is 26.0. The molecule has 3 aromatic carbocycles. The first kappa shape index (κ1) is 41.8. The molecule has 1 unspecified atom stereocenters. The monoisotopic (exact) mass is 651 g/mol. The van der Waals surface area contributed by atoms with Gasteiger partial charge in [0.25, 0.3) is 0 Å². The molecule has 1 aliphatic heterocycles. The number of ketones is 4. The number of carbonyl (C=O) groups is 5. The van der Waals surface area contributed by atoms with Crippen LogP contribution in [0.4, 0.5) is 0 Å². The molecule has 0 radical (unpaired) electrons. The fraction of sp³-hybridized carbons (Fsp3) is 0.378. The van der Waals surface area contributed by atoms with Crippen molar-refractivity contribution in [3.8, 4) is 5.75 Å². The average molecular weight is 652 g/mol. The summed E-state index contributed by atoms with van der Waals surface area (Å²) in [6, 6.07) is 28.3. The molecule has 3 aromatic rings. The van der Waals surface area contributed by atoms with E-state index < -0.39 is 11.1 Å². The molecule has 250 valence electrons. The van der Waals surface area contributed by atoms with E-state index in [0.717, 1.165) is 24.2 Å². The third-order valence-corrected chi connectivity index (χ3v) is 6.67. The number of benzene rings is 3. The van der Waals surface area contributed by atoms with Gasteiger partial charge in [0, 0.05) is 32.9 Å². The molecule has 0 aliphatic carbocycles. The first-order valence-corrected chi connectivity index (χ1v) is 16.4. The summed E-state index contributed by atoms with van der Waals surface area (Å²) in [5.41, 5.74) is 2.19. The number of hydrogen-bond acceptors (Lipinski definition) is 7. The van der Waals surface area contributed by atoms with Crippen molar-refractivity contribution >= 4 is 40.1 Å². The third kappa shape index (κ3) is 26.2. The molecular formula is C37H49NO7S. The minimum Gasteiger partial charge on any atom is -0.400 e. The molecule has 1 heterocycles. The van der Waals surface area contributed by atoms with Gasteiger partial charge in [-0.05, 0) is 77.1 Å². The summed E-state index contributed by atoms with van der Waals surface area (Å²) in [5.74, 6) is 1.14. The molecule has 0 aromatic heterocycles. The van der Waals surface area contributed by atoms with Crippen molar-refractivity contribution in [3.05, 3.63) is 102 Å². The number of likely N-dealkylation sites (tertiary alicyclic amines) is 1. The van der Waals surface area contributed by atoms with Gasteiger partial charge in [0.2, 0.25) is 17.0 Å². The van der Waals surface area contributed by atoms with E-state index in [9.17, 15) is 28.2 Å². The van der Waals surface area contributed by atoms with Crippen LogP contribution in [0.3, 0.4) is 0 Å². The largest absolute Gasteiger partial charge is 0.400 e. The molecule has 1 amide bonds. The molecule has 1 atom stereocenters. The summed E-state index contributed by atoms with van der Waals surface area (Å²) in [5, 5.41) is 0. The fourth-order valence-electron chi connectivity index (χ4n) is 3.75.